The van der Waals surface area contributed by atoms with Crippen LogP contribution < -0.4 is 20.4 Å². The molecular formula is C32H40FN7O4S. The Morgan fingerprint density at radius 3 is 2.64 bits per heavy atom. The molecule has 0 spiro atoms. The van der Waals surface area contributed by atoms with Gasteiger partial charge in [-0.25, -0.2) is 22.8 Å². The summed E-state index contributed by atoms with van der Waals surface area (Å²) < 4.78 is 38.7. The Morgan fingerprint density at radius 2 is 1.98 bits per heavy atom. The quantitative estimate of drug-likeness (QED) is 0.315. The number of piperidine rings is 1. The van der Waals surface area contributed by atoms with Gasteiger partial charge in [-0.3, -0.25) is 4.79 Å². The zero-order chi connectivity index (χ0) is 32.7. The number of aromatic nitrogens is 3. The van der Waals surface area contributed by atoms with Crippen LogP contribution in [0.3, 0.4) is 0 Å². The lowest BCUT2D eigenvalue weighted by atomic mass is 9.86. The first-order valence-corrected chi connectivity index (χ1v) is 17.0. The van der Waals surface area contributed by atoms with Gasteiger partial charge in [0.05, 0.1) is 23.9 Å². The Labute approximate surface area is 263 Å². The maximum Gasteiger partial charge on any atom is 0.296 e. The largest absolute Gasteiger partial charge is 0.390 e. The summed E-state index contributed by atoms with van der Waals surface area (Å²) in [7, 11) is -3.10. The minimum Gasteiger partial charge on any atom is -0.390 e. The van der Waals surface area contributed by atoms with Gasteiger partial charge < -0.3 is 25.5 Å². The van der Waals surface area contributed by atoms with Gasteiger partial charge in [0, 0.05) is 54.8 Å². The van der Waals surface area contributed by atoms with E-state index in [1.165, 1.54) is 13.2 Å². The van der Waals surface area contributed by atoms with Crippen molar-refractivity contribution in [3.8, 4) is 11.8 Å². The monoisotopic (exact) mass is 637 g/mol. The second-order valence-corrected chi connectivity index (χ2v) is 15.0. The van der Waals surface area contributed by atoms with E-state index in [1.807, 2.05) is 39.0 Å². The number of fused-ring (bicyclic) bond motifs is 1. The molecule has 1 aromatic carbocycles. The molecule has 2 aliphatic rings. The lowest BCUT2D eigenvalue weighted by Gasteiger charge is -2.48. The number of sulfone groups is 1. The van der Waals surface area contributed by atoms with Crippen LogP contribution >= 0.6 is 0 Å². The summed E-state index contributed by atoms with van der Waals surface area (Å²) in [5.74, 6) is 6.24. The molecule has 0 saturated carbocycles. The number of carbonyl (C=O) groups excluding carboxylic acids is 1. The molecule has 0 radical (unpaired) electrons. The number of aliphatic hydroxyl groups excluding tert-OH is 1. The number of aliphatic hydroxyl groups is 1. The molecule has 240 valence electrons. The SMILES string of the molecule is CC#CC(=O)NC(C)(C)c1ccc(N2C[C@H](CS(C)(=O)=O)[C@H]2C)c2cnc(Nc3ccnc(N4CC[C@@H](O)[C@@](C)(F)C4)n3)cc12. The van der Waals surface area contributed by atoms with E-state index in [4.69, 9.17) is 0 Å². The molecule has 2 aliphatic heterocycles. The number of amides is 1. The van der Waals surface area contributed by atoms with Crippen LogP contribution in [0.15, 0.2) is 36.7 Å². The molecule has 0 unspecified atom stereocenters. The molecule has 5 rings (SSSR count). The first-order chi connectivity index (χ1) is 21.1. The second-order valence-electron chi connectivity index (χ2n) is 12.8. The zero-order valence-corrected chi connectivity index (χ0v) is 27.2. The maximum absolute atomic E-state index is 14.9. The highest BCUT2D eigenvalue weighted by Crippen LogP contribution is 2.40. The summed E-state index contributed by atoms with van der Waals surface area (Å²) >= 11 is 0. The number of rotatable bonds is 8. The van der Waals surface area contributed by atoms with Crippen LogP contribution in [0.4, 0.5) is 27.7 Å². The van der Waals surface area contributed by atoms with Crippen molar-refractivity contribution in [3.05, 3.63) is 42.2 Å². The Kier molecular flexibility index (Phi) is 8.67. The van der Waals surface area contributed by atoms with E-state index in [0.717, 1.165) is 22.0 Å². The topological polar surface area (TPSA) is 141 Å². The van der Waals surface area contributed by atoms with E-state index >= 15 is 0 Å². The third-order valence-electron chi connectivity index (χ3n) is 8.70. The molecule has 2 fully saturated rings. The number of nitrogens with one attached hydrogen (secondary N) is 2. The number of carbonyl (C=O) groups is 1. The van der Waals surface area contributed by atoms with Crippen molar-refractivity contribution in [1.82, 2.24) is 20.3 Å². The molecule has 3 aromatic rings. The van der Waals surface area contributed by atoms with Crippen LogP contribution in [-0.4, -0.2) is 83.8 Å². The van der Waals surface area contributed by atoms with E-state index < -0.39 is 33.1 Å². The molecule has 11 nitrogen and oxygen atoms in total. The van der Waals surface area contributed by atoms with Crippen molar-refractivity contribution in [1.29, 1.82) is 0 Å². The average Bonchev–Trinajstić information content (AvgIpc) is 2.95. The first kappa shape index (κ1) is 32.4. The highest BCUT2D eigenvalue weighted by molar-refractivity contribution is 7.90. The Morgan fingerprint density at radius 1 is 1.22 bits per heavy atom. The van der Waals surface area contributed by atoms with Crippen molar-refractivity contribution in [2.75, 3.05) is 46.8 Å². The molecule has 0 aliphatic carbocycles. The maximum atomic E-state index is 14.9. The van der Waals surface area contributed by atoms with Gasteiger partial charge in [-0.2, -0.15) is 4.98 Å². The summed E-state index contributed by atoms with van der Waals surface area (Å²) in [5.41, 5.74) is -0.805. The number of benzene rings is 1. The second kappa shape index (κ2) is 12.1. The summed E-state index contributed by atoms with van der Waals surface area (Å²) in [6.45, 7) is 9.82. The summed E-state index contributed by atoms with van der Waals surface area (Å²) in [6, 6.07) is 7.56. The fourth-order valence-corrected chi connectivity index (χ4v) is 7.34. The Hall–Kier alpha value is -4.02. The van der Waals surface area contributed by atoms with Gasteiger partial charge in [0.2, 0.25) is 5.95 Å². The van der Waals surface area contributed by atoms with E-state index in [0.29, 0.717) is 30.7 Å². The lowest BCUT2D eigenvalue weighted by Crippen LogP contribution is -2.57. The first-order valence-electron chi connectivity index (χ1n) is 14.9. The normalized spacial score (nSPS) is 23.6. The van der Waals surface area contributed by atoms with Crippen LogP contribution in [0.1, 0.15) is 46.6 Å². The van der Waals surface area contributed by atoms with Crippen LogP contribution in [0, 0.1) is 17.8 Å². The van der Waals surface area contributed by atoms with E-state index in [1.54, 1.807) is 30.3 Å². The lowest BCUT2D eigenvalue weighted by molar-refractivity contribution is -0.117. The van der Waals surface area contributed by atoms with Crippen LogP contribution in [0.25, 0.3) is 10.8 Å². The number of hydrogen-bond acceptors (Lipinski definition) is 10. The van der Waals surface area contributed by atoms with Crippen molar-refractivity contribution < 1.29 is 22.7 Å². The molecule has 0 bridgehead atoms. The van der Waals surface area contributed by atoms with Gasteiger partial charge >= 0.3 is 0 Å². The third-order valence-corrected chi connectivity index (χ3v) is 9.73. The van der Waals surface area contributed by atoms with Gasteiger partial charge in [-0.1, -0.05) is 12.0 Å². The number of anilines is 4. The van der Waals surface area contributed by atoms with E-state index in [2.05, 4.69) is 42.3 Å². The van der Waals surface area contributed by atoms with Gasteiger partial charge in [0.15, 0.2) is 5.67 Å². The number of alkyl halides is 1. The molecule has 4 atom stereocenters. The van der Waals surface area contributed by atoms with Crippen LogP contribution in [0.2, 0.25) is 0 Å². The molecule has 2 saturated heterocycles. The predicted molar refractivity (Wildman–Crippen MR) is 174 cm³/mol. The van der Waals surface area contributed by atoms with E-state index in [9.17, 15) is 22.7 Å². The fourth-order valence-electron chi connectivity index (χ4n) is 6.18. The zero-order valence-electron chi connectivity index (χ0n) is 26.4. The van der Waals surface area contributed by atoms with Crippen LogP contribution in [-0.2, 0) is 20.2 Å². The third kappa shape index (κ3) is 6.97. The van der Waals surface area contributed by atoms with Gasteiger partial charge in [-0.15, -0.1) is 0 Å². The predicted octanol–water partition coefficient (Wildman–Crippen LogP) is 3.31. The minimum absolute atomic E-state index is 0.0145. The van der Waals surface area contributed by atoms with Crippen molar-refractivity contribution in [2.45, 2.75) is 64.4 Å². The Balaban J connectivity index is 1.50. The molecule has 2 aromatic heterocycles. The number of halogens is 1. The number of pyridine rings is 1. The van der Waals surface area contributed by atoms with Gasteiger partial charge in [0.1, 0.15) is 21.5 Å². The van der Waals surface area contributed by atoms with Crippen LogP contribution in [0.5, 0.6) is 0 Å². The molecule has 4 heterocycles. The van der Waals surface area contributed by atoms with Gasteiger partial charge in [0.25, 0.3) is 5.91 Å². The molecule has 3 N–H and O–H groups in total. The standard InChI is InChI=1S/C32H40FN7O4S/c1-7-8-29(42)38-31(3,4)24-9-10-25(40-17-21(20(40)2)18-45(6,43)44)23-16-35-28(15-22(23)24)36-27-11-13-34-30(37-27)39-14-12-26(41)32(5,33)19-39/h9-11,13,15-16,20-21,26,41H,12,14,17-19H2,1-6H3,(H,38,42)(H,34,35,36,37)/t20-,21-,26-,32+/m1/s1. The highest BCUT2D eigenvalue weighted by Gasteiger charge is 2.40. The molecular weight excluding hydrogens is 597 g/mol. The van der Waals surface area contributed by atoms with Crippen molar-refractivity contribution in [2.24, 2.45) is 5.92 Å². The Bertz CT molecular complexity index is 1790. The average molecular weight is 638 g/mol. The smallest absolute Gasteiger partial charge is 0.296 e. The van der Waals surface area contributed by atoms with Crippen molar-refractivity contribution >= 4 is 49.8 Å². The van der Waals surface area contributed by atoms with Crippen molar-refractivity contribution in [3.63, 3.8) is 0 Å². The highest BCUT2D eigenvalue weighted by atomic mass is 32.2. The number of nitrogens with zero attached hydrogens (tertiary/aromatic N) is 5. The summed E-state index contributed by atoms with van der Waals surface area (Å²) in [4.78, 5) is 30.0. The molecule has 1 amide bonds. The number of hydrogen-bond donors (Lipinski definition) is 3. The summed E-state index contributed by atoms with van der Waals surface area (Å²) in [6.07, 6.45) is 3.84. The summed E-state index contributed by atoms with van der Waals surface area (Å²) in [5, 5.41) is 17.9. The molecule has 45 heavy (non-hydrogen) atoms. The fraction of sp³-hybridized carbons (Fsp3) is 0.500. The minimum atomic E-state index is -3.10. The van der Waals surface area contributed by atoms with Gasteiger partial charge in [-0.05, 0) is 76.1 Å². The molecule has 13 heteroatoms. The van der Waals surface area contributed by atoms with E-state index in [-0.39, 0.29) is 30.7 Å².